The first-order valence-electron chi connectivity index (χ1n) is 5.59. The smallest absolute Gasteiger partial charge is 0.244 e. The maximum absolute atomic E-state index is 6.05. The molecule has 0 amide bonds. The largest absolute Gasteiger partial charge is 0.337 e. The van der Waals surface area contributed by atoms with Crippen molar-refractivity contribution < 1.29 is 4.52 Å². The molecule has 2 aromatic rings. The van der Waals surface area contributed by atoms with Crippen LogP contribution >= 0.6 is 11.6 Å². The van der Waals surface area contributed by atoms with Gasteiger partial charge in [0.05, 0.1) is 11.1 Å². The molecule has 0 saturated carbocycles. The minimum Gasteiger partial charge on any atom is -0.337 e. The van der Waals surface area contributed by atoms with Crippen LogP contribution in [0.1, 0.15) is 32.7 Å². The normalized spacial score (nSPS) is 13.6. The molecule has 0 fully saturated rings. The molecule has 1 unspecified atom stereocenters. The summed E-state index contributed by atoms with van der Waals surface area (Å²) in [6.07, 6.45) is 1.63. The Morgan fingerprint density at radius 2 is 2.11 bits per heavy atom. The number of halogens is 1. The first-order valence-corrected chi connectivity index (χ1v) is 5.97. The Hall–Kier alpha value is -1.46. The lowest BCUT2D eigenvalue weighted by Crippen LogP contribution is -2.26. The summed E-state index contributed by atoms with van der Waals surface area (Å²) >= 11 is 6.02. The van der Waals surface area contributed by atoms with Gasteiger partial charge in [-0.05, 0) is 17.5 Å². The number of nitrogens with two attached hydrogens (primary N) is 1. The third kappa shape index (κ3) is 2.52. The molecule has 2 heterocycles. The van der Waals surface area contributed by atoms with Gasteiger partial charge in [0.15, 0.2) is 0 Å². The average Bonchev–Trinajstić information content (AvgIpc) is 2.76. The lowest BCUT2D eigenvalue weighted by Gasteiger charge is -2.23. The van der Waals surface area contributed by atoms with Gasteiger partial charge in [0, 0.05) is 6.20 Å². The van der Waals surface area contributed by atoms with E-state index in [0.717, 1.165) is 0 Å². The Bertz CT molecular complexity index is 547. The average molecular weight is 267 g/mol. The van der Waals surface area contributed by atoms with Crippen LogP contribution in [0.2, 0.25) is 5.02 Å². The summed E-state index contributed by atoms with van der Waals surface area (Å²) in [5.41, 5.74) is 6.39. The van der Waals surface area contributed by atoms with Gasteiger partial charge in [-0.1, -0.05) is 37.5 Å². The number of hydrogen-bond acceptors (Lipinski definition) is 5. The molecule has 0 saturated heterocycles. The molecule has 1 atom stereocenters. The molecule has 18 heavy (non-hydrogen) atoms. The predicted octanol–water partition coefficient (Wildman–Crippen LogP) is 2.83. The summed E-state index contributed by atoms with van der Waals surface area (Å²) in [7, 11) is 0. The van der Waals surface area contributed by atoms with Crippen molar-refractivity contribution in [1.29, 1.82) is 0 Å². The van der Waals surface area contributed by atoms with Crippen LogP contribution in [0, 0.1) is 5.41 Å². The van der Waals surface area contributed by atoms with E-state index in [-0.39, 0.29) is 11.5 Å². The highest BCUT2D eigenvalue weighted by Crippen LogP contribution is 2.31. The summed E-state index contributed by atoms with van der Waals surface area (Å²) in [4.78, 5) is 8.38. The summed E-state index contributed by atoms with van der Waals surface area (Å²) < 4.78 is 5.18. The van der Waals surface area contributed by atoms with Crippen molar-refractivity contribution in [3.8, 4) is 11.5 Å². The van der Waals surface area contributed by atoms with Gasteiger partial charge >= 0.3 is 0 Å². The Morgan fingerprint density at radius 1 is 1.39 bits per heavy atom. The standard InChI is InChI=1S/C12H15ClN4O/c1-12(2,3)9(14)11-16-10(17-18-11)8-7(13)5-4-6-15-8/h4-6,9H,14H2,1-3H3. The minimum absolute atomic E-state index is 0.155. The van der Waals surface area contributed by atoms with E-state index in [4.69, 9.17) is 21.9 Å². The summed E-state index contributed by atoms with van der Waals surface area (Å²) in [6.45, 7) is 6.03. The van der Waals surface area contributed by atoms with Crippen molar-refractivity contribution in [1.82, 2.24) is 15.1 Å². The maximum Gasteiger partial charge on any atom is 0.244 e. The van der Waals surface area contributed by atoms with E-state index in [0.29, 0.717) is 22.4 Å². The third-order valence-corrected chi connectivity index (χ3v) is 2.92. The number of nitrogens with zero attached hydrogens (tertiary/aromatic N) is 3. The van der Waals surface area contributed by atoms with Crippen molar-refractivity contribution in [2.75, 3.05) is 0 Å². The van der Waals surface area contributed by atoms with Crippen molar-refractivity contribution in [2.24, 2.45) is 11.1 Å². The van der Waals surface area contributed by atoms with Crippen LogP contribution in [0.3, 0.4) is 0 Å². The minimum atomic E-state index is -0.332. The SMILES string of the molecule is CC(C)(C)C(N)c1nc(-c2ncccc2Cl)no1. The molecule has 0 bridgehead atoms. The highest BCUT2D eigenvalue weighted by molar-refractivity contribution is 6.32. The van der Waals surface area contributed by atoms with Gasteiger partial charge in [-0.3, -0.25) is 4.98 Å². The Morgan fingerprint density at radius 3 is 2.72 bits per heavy atom. The summed E-state index contributed by atoms with van der Waals surface area (Å²) in [5.74, 6) is 0.745. The molecule has 0 aliphatic carbocycles. The second kappa shape index (κ2) is 4.66. The zero-order chi connectivity index (χ0) is 13.3. The van der Waals surface area contributed by atoms with Crippen LogP contribution in [0.15, 0.2) is 22.9 Å². The Balaban J connectivity index is 2.35. The van der Waals surface area contributed by atoms with E-state index >= 15 is 0 Å². The van der Waals surface area contributed by atoms with Gasteiger partial charge in [-0.25, -0.2) is 0 Å². The van der Waals surface area contributed by atoms with Crippen molar-refractivity contribution >= 4 is 11.6 Å². The van der Waals surface area contributed by atoms with Crippen LogP contribution in [0.5, 0.6) is 0 Å². The number of hydrogen-bond donors (Lipinski definition) is 1. The second-order valence-corrected chi connectivity index (χ2v) is 5.54. The topological polar surface area (TPSA) is 77.8 Å². The van der Waals surface area contributed by atoms with E-state index in [2.05, 4.69) is 15.1 Å². The molecule has 6 heteroatoms. The van der Waals surface area contributed by atoms with E-state index < -0.39 is 0 Å². The zero-order valence-corrected chi connectivity index (χ0v) is 11.3. The lowest BCUT2D eigenvalue weighted by atomic mass is 9.87. The monoisotopic (exact) mass is 266 g/mol. The van der Waals surface area contributed by atoms with E-state index in [1.807, 2.05) is 20.8 Å². The molecule has 0 radical (unpaired) electrons. The number of rotatable bonds is 2. The first-order chi connectivity index (χ1) is 8.39. The Labute approximate surface area is 110 Å². The van der Waals surface area contributed by atoms with Crippen LogP contribution in [-0.2, 0) is 0 Å². The molecule has 2 N–H and O–H groups in total. The molecule has 0 aromatic carbocycles. The highest BCUT2D eigenvalue weighted by Gasteiger charge is 2.28. The quantitative estimate of drug-likeness (QED) is 0.904. The maximum atomic E-state index is 6.05. The van der Waals surface area contributed by atoms with Crippen LogP contribution in [0.25, 0.3) is 11.5 Å². The fraction of sp³-hybridized carbons (Fsp3) is 0.417. The third-order valence-electron chi connectivity index (χ3n) is 2.61. The van der Waals surface area contributed by atoms with Gasteiger partial charge in [0.2, 0.25) is 11.7 Å². The molecule has 2 rings (SSSR count). The molecular weight excluding hydrogens is 252 g/mol. The number of aromatic nitrogens is 3. The Kier molecular flexibility index (Phi) is 3.36. The second-order valence-electron chi connectivity index (χ2n) is 5.13. The van der Waals surface area contributed by atoms with Crippen molar-refractivity contribution in [3.05, 3.63) is 29.2 Å². The molecular formula is C12H15ClN4O. The van der Waals surface area contributed by atoms with Gasteiger partial charge in [-0.15, -0.1) is 0 Å². The molecule has 0 aliphatic heterocycles. The number of pyridine rings is 1. The zero-order valence-electron chi connectivity index (χ0n) is 10.5. The fourth-order valence-electron chi connectivity index (χ4n) is 1.38. The first kappa shape index (κ1) is 13.0. The molecule has 5 nitrogen and oxygen atoms in total. The summed E-state index contributed by atoms with van der Waals surface area (Å²) in [6, 6.07) is 3.14. The van der Waals surface area contributed by atoms with Gasteiger partial charge in [-0.2, -0.15) is 4.98 Å². The van der Waals surface area contributed by atoms with Gasteiger partial charge in [0.25, 0.3) is 0 Å². The molecule has 2 aromatic heterocycles. The molecule has 96 valence electrons. The van der Waals surface area contributed by atoms with Crippen LogP contribution < -0.4 is 5.73 Å². The molecule has 0 aliphatic rings. The highest BCUT2D eigenvalue weighted by atomic mass is 35.5. The summed E-state index contributed by atoms with van der Waals surface area (Å²) in [5, 5.41) is 4.35. The van der Waals surface area contributed by atoms with Crippen molar-refractivity contribution in [3.63, 3.8) is 0 Å². The van der Waals surface area contributed by atoms with E-state index in [9.17, 15) is 0 Å². The van der Waals surface area contributed by atoms with Crippen LogP contribution in [-0.4, -0.2) is 15.1 Å². The van der Waals surface area contributed by atoms with Gasteiger partial charge < -0.3 is 10.3 Å². The lowest BCUT2D eigenvalue weighted by molar-refractivity contribution is 0.253. The molecule has 0 spiro atoms. The van der Waals surface area contributed by atoms with E-state index in [1.165, 1.54) is 0 Å². The van der Waals surface area contributed by atoms with Gasteiger partial charge in [0.1, 0.15) is 5.69 Å². The van der Waals surface area contributed by atoms with Crippen LogP contribution in [0.4, 0.5) is 0 Å². The fourth-order valence-corrected chi connectivity index (χ4v) is 1.58. The predicted molar refractivity (Wildman–Crippen MR) is 68.9 cm³/mol. The van der Waals surface area contributed by atoms with E-state index in [1.54, 1.807) is 18.3 Å². The van der Waals surface area contributed by atoms with Crippen molar-refractivity contribution in [2.45, 2.75) is 26.8 Å².